The fourth-order valence-corrected chi connectivity index (χ4v) is 11.9. The molecule has 0 radical (unpaired) electrons. The first kappa shape index (κ1) is 28.6. The first-order valence-corrected chi connectivity index (χ1v) is 18.8. The normalized spacial score (nSPS) is 17.1. The molecule has 2 aliphatic rings. The first-order chi connectivity index (χ1) is 24.0. The van der Waals surface area contributed by atoms with Crippen molar-refractivity contribution in [3.63, 3.8) is 0 Å². The lowest BCUT2D eigenvalue weighted by atomic mass is 9.53. The summed E-state index contributed by atoms with van der Waals surface area (Å²) in [6, 6.07) is 60.5. The molecule has 0 amide bonds. The van der Waals surface area contributed by atoms with E-state index in [1.165, 1.54) is 60.9 Å². The maximum Gasteiger partial charge on any atom is 0.171 e. The quantitative estimate of drug-likeness (QED) is 0.175. The SMILES string of the molecule is CC1(C)c2ccccc2C2(c3ccccc3-n3c4ccccc4c4cccc2c43)c2ccc(P(=O)(c3ccccc3)c3ccccc3)cc21. The summed E-state index contributed by atoms with van der Waals surface area (Å²) in [5.74, 6) is 0. The Morgan fingerprint density at radius 3 is 1.73 bits per heavy atom. The number of benzene rings is 7. The van der Waals surface area contributed by atoms with Gasteiger partial charge in [-0.2, -0.15) is 0 Å². The second kappa shape index (κ2) is 10.0. The highest BCUT2D eigenvalue weighted by molar-refractivity contribution is 7.85. The Labute approximate surface area is 286 Å². The van der Waals surface area contributed by atoms with Gasteiger partial charge in [0.1, 0.15) is 0 Å². The molecule has 1 spiro atoms. The van der Waals surface area contributed by atoms with E-state index in [2.05, 4.69) is 128 Å². The standard InChI is InChI=1S/C46H34NOP/c1-45(2)36-22-10-11-23-37(36)46(38-29-28-33(30-41(38)45)49(48,31-16-5-3-6-17-31)32-18-7-4-8-19-32)39-24-12-14-27-43(39)47-42-26-13-9-20-34(42)35-21-15-25-40(46)44(35)47/h3-30H,1-2H3. The molecule has 1 unspecified atom stereocenters. The van der Waals surface area contributed by atoms with Crippen LogP contribution in [0.2, 0.25) is 0 Å². The predicted molar refractivity (Wildman–Crippen MR) is 204 cm³/mol. The van der Waals surface area contributed by atoms with Gasteiger partial charge >= 0.3 is 0 Å². The van der Waals surface area contributed by atoms with Gasteiger partial charge < -0.3 is 9.13 Å². The Morgan fingerprint density at radius 1 is 0.449 bits per heavy atom. The minimum atomic E-state index is -3.20. The molecule has 2 nitrogen and oxygen atoms in total. The average molecular weight is 648 g/mol. The van der Waals surface area contributed by atoms with Crippen molar-refractivity contribution in [1.82, 2.24) is 4.57 Å². The van der Waals surface area contributed by atoms with Crippen molar-refractivity contribution in [3.05, 3.63) is 203 Å². The number of aromatic nitrogens is 1. The molecule has 234 valence electrons. The van der Waals surface area contributed by atoms with Gasteiger partial charge in [-0.1, -0.05) is 166 Å². The van der Waals surface area contributed by atoms with E-state index in [4.69, 9.17) is 0 Å². The van der Waals surface area contributed by atoms with E-state index in [9.17, 15) is 0 Å². The Morgan fingerprint density at radius 2 is 1.00 bits per heavy atom. The van der Waals surface area contributed by atoms with Crippen LogP contribution in [0.4, 0.5) is 0 Å². The number of rotatable bonds is 3. The maximum absolute atomic E-state index is 15.7. The van der Waals surface area contributed by atoms with Crippen LogP contribution in [0.15, 0.2) is 170 Å². The van der Waals surface area contributed by atoms with Gasteiger partial charge in [0.05, 0.1) is 22.1 Å². The molecule has 49 heavy (non-hydrogen) atoms. The largest absolute Gasteiger partial charge is 0.309 e. The van der Waals surface area contributed by atoms with E-state index in [-0.39, 0.29) is 5.41 Å². The predicted octanol–water partition coefficient (Wildman–Crippen LogP) is 9.76. The molecular formula is C46H34NOP. The maximum atomic E-state index is 15.7. The van der Waals surface area contributed by atoms with Crippen LogP contribution in [0.5, 0.6) is 0 Å². The average Bonchev–Trinajstić information content (AvgIpc) is 3.51. The minimum absolute atomic E-state index is 0.349. The summed E-state index contributed by atoms with van der Waals surface area (Å²) in [4.78, 5) is 0. The van der Waals surface area contributed by atoms with E-state index in [1.807, 2.05) is 60.7 Å². The smallest absolute Gasteiger partial charge is 0.171 e. The molecule has 8 aromatic rings. The van der Waals surface area contributed by atoms with Crippen LogP contribution < -0.4 is 15.9 Å². The highest BCUT2D eigenvalue weighted by atomic mass is 31.2. The van der Waals surface area contributed by atoms with E-state index < -0.39 is 12.6 Å². The van der Waals surface area contributed by atoms with Crippen molar-refractivity contribution in [2.24, 2.45) is 0 Å². The van der Waals surface area contributed by atoms with Crippen LogP contribution in [0.25, 0.3) is 27.5 Å². The van der Waals surface area contributed by atoms with Crippen LogP contribution in [0.3, 0.4) is 0 Å². The highest BCUT2D eigenvalue weighted by Gasteiger charge is 2.53. The molecule has 0 saturated heterocycles. The van der Waals surface area contributed by atoms with E-state index in [0.717, 1.165) is 15.9 Å². The lowest BCUT2D eigenvalue weighted by Gasteiger charge is -2.50. The van der Waals surface area contributed by atoms with Crippen molar-refractivity contribution >= 4 is 44.9 Å². The third-order valence-electron chi connectivity index (χ3n) is 11.3. The van der Waals surface area contributed by atoms with Crippen LogP contribution in [0, 0.1) is 0 Å². The molecule has 0 saturated carbocycles. The van der Waals surface area contributed by atoms with Gasteiger partial charge in [-0.3, -0.25) is 0 Å². The van der Waals surface area contributed by atoms with Gasteiger partial charge in [-0.15, -0.1) is 0 Å². The summed E-state index contributed by atoms with van der Waals surface area (Å²) in [6.07, 6.45) is 0. The first-order valence-electron chi connectivity index (χ1n) is 17.1. The highest BCUT2D eigenvalue weighted by Crippen LogP contribution is 2.60. The zero-order chi connectivity index (χ0) is 33.0. The molecule has 0 N–H and O–H groups in total. The van der Waals surface area contributed by atoms with E-state index in [0.29, 0.717) is 0 Å². The Kier molecular flexibility index (Phi) is 5.86. The molecule has 3 heteroatoms. The van der Waals surface area contributed by atoms with Crippen molar-refractivity contribution in [2.75, 3.05) is 0 Å². The van der Waals surface area contributed by atoms with Gasteiger partial charge in [0.15, 0.2) is 7.14 Å². The third-order valence-corrected chi connectivity index (χ3v) is 14.4. The van der Waals surface area contributed by atoms with Gasteiger partial charge in [0.2, 0.25) is 0 Å². The lowest BCUT2D eigenvalue weighted by molar-refractivity contribution is 0.556. The molecule has 0 fully saturated rings. The van der Waals surface area contributed by atoms with Gasteiger partial charge in [-0.25, -0.2) is 0 Å². The number of para-hydroxylation sites is 3. The number of nitrogens with zero attached hydrogens (tertiary/aromatic N) is 1. The number of hydrogen-bond donors (Lipinski definition) is 0. The summed E-state index contributed by atoms with van der Waals surface area (Å²) >= 11 is 0. The molecule has 0 bridgehead atoms. The van der Waals surface area contributed by atoms with Gasteiger partial charge in [0.25, 0.3) is 0 Å². The molecule has 10 rings (SSSR count). The zero-order valence-corrected chi connectivity index (χ0v) is 28.4. The van der Waals surface area contributed by atoms with Crippen molar-refractivity contribution < 1.29 is 4.57 Å². The Bertz CT molecular complexity index is 2630. The monoisotopic (exact) mass is 647 g/mol. The van der Waals surface area contributed by atoms with Crippen LogP contribution >= 0.6 is 7.14 Å². The molecule has 7 aromatic carbocycles. The molecule has 1 aliphatic heterocycles. The number of hydrogen-bond acceptors (Lipinski definition) is 1. The fourth-order valence-electron chi connectivity index (χ4n) is 9.22. The van der Waals surface area contributed by atoms with Gasteiger partial charge in [0, 0.05) is 32.1 Å². The van der Waals surface area contributed by atoms with Crippen molar-refractivity contribution in [2.45, 2.75) is 24.7 Å². The van der Waals surface area contributed by atoms with Crippen molar-refractivity contribution in [1.29, 1.82) is 0 Å². The van der Waals surface area contributed by atoms with E-state index >= 15 is 4.57 Å². The summed E-state index contributed by atoms with van der Waals surface area (Å²) in [7, 11) is -3.20. The molecule has 1 aliphatic carbocycles. The van der Waals surface area contributed by atoms with E-state index in [1.54, 1.807) is 0 Å². The lowest BCUT2D eigenvalue weighted by Crippen LogP contribution is -2.44. The molecule has 1 atom stereocenters. The van der Waals surface area contributed by atoms with Gasteiger partial charge in [-0.05, 0) is 51.6 Å². The summed E-state index contributed by atoms with van der Waals surface area (Å²) in [5, 5.41) is 5.09. The molecule has 2 heterocycles. The topological polar surface area (TPSA) is 22.0 Å². The summed E-state index contributed by atoms with van der Waals surface area (Å²) < 4.78 is 18.2. The van der Waals surface area contributed by atoms with Crippen LogP contribution in [-0.4, -0.2) is 4.57 Å². The van der Waals surface area contributed by atoms with Crippen LogP contribution in [0.1, 0.15) is 47.2 Å². The third kappa shape index (κ3) is 3.55. The van der Waals surface area contributed by atoms with Crippen LogP contribution in [-0.2, 0) is 15.4 Å². The summed E-state index contributed by atoms with van der Waals surface area (Å²) in [5.41, 5.74) is 10.4. The fraction of sp³-hybridized carbons (Fsp3) is 0.0870. The minimum Gasteiger partial charge on any atom is -0.309 e. The van der Waals surface area contributed by atoms with Crippen molar-refractivity contribution in [3.8, 4) is 5.69 Å². The summed E-state index contributed by atoms with van der Waals surface area (Å²) in [6.45, 7) is 4.67. The number of fused-ring (bicyclic) bond motifs is 11. The zero-order valence-electron chi connectivity index (χ0n) is 27.5. The molecule has 1 aromatic heterocycles. The Balaban J connectivity index is 1.37. The second-order valence-corrected chi connectivity index (χ2v) is 16.8. The Hall–Kier alpha value is -5.43. The second-order valence-electron chi connectivity index (χ2n) is 14.0. The molecular weight excluding hydrogens is 613 g/mol.